The second kappa shape index (κ2) is 6.19. The molecule has 1 aromatic rings. The minimum Gasteiger partial charge on any atom is -0.393 e. The van der Waals surface area contributed by atoms with Crippen molar-refractivity contribution in [2.24, 2.45) is 0 Å². The van der Waals surface area contributed by atoms with Crippen LogP contribution in [0.25, 0.3) is 0 Å². The maximum atomic E-state index is 10.9. The van der Waals surface area contributed by atoms with Crippen LogP contribution in [0, 0.1) is 10.1 Å². The van der Waals surface area contributed by atoms with Crippen LogP contribution in [0.3, 0.4) is 0 Å². The summed E-state index contributed by atoms with van der Waals surface area (Å²) in [6.45, 7) is 2.83. The van der Waals surface area contributed by atoms with E-state index in [1.165, 1.54) is 12.8 Å². The van der Waals surface area contributed by atoms with Gasteiger partial charge in [0.2, 0.25) is 0 Å². The van der Waals surface area contributed by atoms with Crippen molar-refractivity contribution in [3.63, 3.8) is 0 Å². The first kappa shape index (κ1) is 14.7. The van der Waals surface area contributed by atoms with Crippen LogP contribution in [-0.2, 0) is 6.54 Å². The van der Waals surface area contributed by atoms with Crippen molar-refractivity contribution in [2.45, 2.75) is 25.4 Å². The monoisotopic (exact) mass is 278 g/mol. The average Bonchev–Trinajstić information content (AvgIpc) is 2.78. The van der Waals surface area contributed by atoms with E-state index in [4.69, 9.17) is 5.73 Å². The van der Waals surface area contributed by atoms with Gasteiger partial charge in [0.1, 0.15) is 5.69 Å². The summed E-state index contributed by atoms with van der Waals surface area (Å²) in [4.78, 5) is 15.1. The SMILES string of the molecule is CN(C)CC1CCCN1Cc1ccc(N)c([N+](=O)[O-])c1. The third kappa shape index (κ3) is 3.46. The molecule has 1 atom stereocenters. The molecule has 0 aliphatic carbocycles. The molecule has 1 unspecified atom stereocenters. The molecule has 20 heavy (non-hydrogen) atoms. The summed E-state index contributed by atoms with van der Waals surface area (Å²) in [7, 11) is 4.15. The first-order valence-corrected chi connectivity index (χ1v) is 6.89. The molecule has 0 spiro atoms. The molecule has 1 aliphatic heterocycles. The van der Waals surface area contributed by atoms with E-state index in [1.807, 2.05) is 6.07 Å². The summed E-state index contributed by atoms with van der Waals surface area (Å²) in [5.74, 6) is 0. The van der Waals surface area contributed by atoms with Crippen LogP contribution in [0.5, 0.6) is 0 Å². The van der Waals surface area contributed by atoms with Gasteiger partial charge in [0.05, 0.1) is 4.92 Å². The molecule has 0 amide bonds. The maximum Gasteiger partial charge on any atom is 0.292 e. The van der Waals surface area contributed by atoms with Crippen molar-refractivity contribution in [1.82, 2.24) is 9.80 Å². The molecule has 0 bridgehead atoms. The number of nitro groups is 1. The number of rotatable bonds is 5. The minimum atomic E-state index is -0.417. The molecule has 110 valence electrons. The number of likely N-dealkylation sites (tertiary alicyclic amines) is 1. The molecule has 1 aliphatic rings. The fourth-order valence-electron chi connectivity index (χ4n) is 2.81. The highest BCUT2D eigenvalue weighted by molar-refractivity contribution is 5.59. The Bertz CT molecular complexity index is 490. The molecule has 0 radical (unpaired) electrons. The van der Waals surface area contributed by atoms with E-state index in [-0.39, 0.29) is 11.4 Å². The Hall–Kier alpha value is -1.66. The van der Waals surface area contributed by atoms with E-state index in [0.29, 0.717) is 6.04 Å². The van der Waals surface area contributed by atoms with Crippen molar-refractivity contribution in [1.29, 1.82) is 0 Å². The van der Waals surface area contributed by atoms with Crippen LogP contribution >= 0.6 is 0 Å². The lowest BCUT2D eigenvalue weighted by Crippen LogP contribution is -2.37. The fourth-order valence-corrected chi connectivity index (χ4v) is 2.81. The first-order chi connectivity index (χ1) is 9.47. The lowest BCUT2D eigenvalue weighted by atomic mass is 10.1. The summed E-state index contributed by atoms with van der Waals surface area (Å²) in [6, 6.07) is 5.64. The summed E-state index contributed by atoms with van der Waals surface area (Å²) >= 11 is 0. The zero-order valence-electron chi connectivity index (χ0n) is 12.1. The molecule has 0 saturated carbocycles. The van der Waals surface area contributed by atoms with Crippen LogP contribution in [0.2, 0.25) is 0 Å². The van der Waals surface area contributed by atoms with E-state index in [2.05, 4.69) is 23.9 Å². The van der Waals surface area contributed by atoms with Crippen LogP contribution in [0.1, 0.15) is 18.4 Å². The topological polar surface area (TPSA) is 75.6 Å². The van der Waals surface area contributed by atoms with Crippen molar-refractivity contribution in [2.75, 3.05) is 32.9 Å². The molecule has 2 N–H and O–H groups in total. The molecule has 0 aromatic heterocycles. The van der Waals surface area contributed by atoms with E-state index in [1.54, 1.807) is 12.1 Å². The van der Waals surface area contributed by atoms with Crippen LogP contribution in [0.15, 0.2) is 18.2 Å². The van der Waals surface area contributed by atoms with E-state index in [9.17, 15) is 10.1 Å². The van der Waals surface area contributed by atoms with Gasteiger partial charge in [-0.25, -0.2) is 0 Å². The Morgan fingerprint density at radius 3 is 2.90 bits per heavy atom. The molecule has 6 nitrogen and oxygen atoms in total. The zero-order valence-corrected chi connectivity index (χ0v) is 12.1. The fraction of sp³-hybridized carbons (Fsp3) is 0.571. The number of benzene rings is 1. The number of nitrogens with zero attached hydrogens (tertiary/aromatic N) is 3. The molecule has 1 aromatic carbocycles. The van der Waals surface area contributed by atoms with Gasteiger partial charge in [0, 0.05) is 25.2 Å². The lowest BCUT2D eigenvalue weighted by Gasteiger charge is -2.27. The van der Waals surface area contributed by atoms with Crippen molar-refractivity contribution < 1.29 is 4.92 Å². The van der Waals surface area contributed by atoms with Crippen molar-refractivity contribution in [3.05, 3.63) is 33.9 Å². The van der Waals surface area contributed by atoms with Crippen LogP contribution in [-0.4, -0.2) is 47.9 Å². The van der Waals surface area contributed by atoms with E-state index < -0.39 is 4.92 Å². The molecule has 1 fully saturated rings. The second-order valence-electron chi connectivity index (χ2n) is 5.68. The maximum absolute atomic E-state index is 10.9. The number of nitrogen functional groups attached to an aromatic ring is 1. The molecule has 1 saturated heterocycles. The predicted octanol–water partition coefficient (Wildman–Crippen LogP) is 1.70. The summed E-state index contributed by atoms with van der Waals surface area (Å²) in [6.07, 6.45) is 2.38. The largest absolute Gasteiger partial charge is 0.393 e. The average molecular weight is 278 g/mol. The Labute approximate surface area is 119 Å². The van der Waals surface area contributed by atoms with Crippen molar-refractivity contribution >= 4 is 11.4 Å². The smallest absolute Gasteiger partial charge is 0.292 e. The van der Waals surface area contributed by atoms with Gasteiger partial charge in [0.15, 0.2) is 0 Å². The normalized spacial score (nSPS) is 19.6. The van der Waals surface area contributed by atoms with Gasteiger partial charge in [-0.15, -0.1) is 0 Å². The van der Waals surface area contributed by atoms with Crippen LogP contribution < -0.4 is 5.73 Å². The summed E-state index contributed by atoms with van der Waals surface area (Å²) < 4.78 is 0. The van der Waals surface area contributed by atoms with Gasteiger partial charge in [0.25, 0.3) is 5.69 Å². The minimum absolute atomic E-state index is 0.00542. The molecule has 6 heteroatoms. The zero-order chi connectivity index (χ0) is 14.7. The highest BCUT2D eigenvalue weighted by Gasteiger charge is 2.25. The van der Waals surface area contributed by atoms with Gasteiger partial charge in [-0.2, -0.15) is 0 Å². The van der Waals surface area contributed by atoms with Gasteiger partial charge >= 0.3 is 0 Å². The Morgan fingerprint density at radius 1 is 1.50 bits per heavy atom. The third-order valence-corrected chi connectivity index (χ3v) is 3.75. The quantitative estimate of drug-likeness (QED) is 0.504. The van der Waals surface area contributed by atoms with Crippen LogP contribution in [0.4, 0.5) is 11.4 Å². The van der Waals surface area contributed by atoms with Gasteiger partial charge in [-0.1, -0.05) is 6.07 Å². The number of hydrogen-bond acceptors (Lipinski definition) is 5. The predicted molar refractivity (Wildman–Crippen MR) is 79.5 cm³/mol. The molecule has 2 rings (SSSR count). The Balaban J connectivity index is 2.09. The summed E-state index contributed by atoms with van der Waals surface area (Å²) in [5, 5.41) is 10.9. The third-order valence-electron chi connectivity index (χ3n) is 3.75. The van der Waals surface area contributed by atoms with Gasteiger partial charge < -0.3 is 10.6 Å². The lowest BCUT2D eigenvalue weighted by molar-refractivity contribution is -0.384. The van der Waals surface area contributed by atoms with Gasteiger partial charge in [-0.3, -0.25) is 15.0 Å². The Morgan fingerprint density at radius 2 is 2.25 bits per heavy atom. The standard InChI is InChI=1S/C14H22N4O2/c1-16(2)10-12-4-3-7-17(12)9-11-5-6-13(15)14(8-11)18(19)20/h5-6,8,12H,3-4,7,9-10,15H2,1-2H3. The number of anilines is 1. The number of likely N-dealkylation sites (N-methyl/N-ethyl adjacent to an activating group) is 1. The number of nitro benzene ring substituents is 1. The highest BCUT2D eigenvalue weighted by atomic mass is 16.6. The number of hydrogen-bond donors (Lipinski definition) is 1. The van der Waals surface area contributed by atoms with Crippen molar-refractivity contribution in [3.8, 4) is 0 Å². The molecular formula is C14H22N4O2. The highest BCUT2D eigenvalue weighted by Crippen LogP contribution is 2.25. The van der Waals surface area contributed by atoms with E-state index >= 15 is 0 Å². The first-order valence-electron chi connectivity index (χ1n) is 6.89. The Kier molecular flexibility index (Phi) is 4.57. The number of nitrogens with two attached hydrogens (primary N) is 1. The summed E-state index contributed by atoms with van der Waals surface area (Å²) in [5.41, 5.74) is 6.82. The molecular weight excluding hydrogens is 256 g/mol. The molecule has 1 heterocycles. The second-order valence-corrected chi connectivity index (χ2v) is 5.68. The van der Waals surface area contributed by atoms with Gasteiger partial charge in [-0.05, 0) is 45.1 Å². The van der Waals surface area contributed by atoms with E-state index in [0.717, 1.165) is 25.2 Å².